The third-order valence-electron chi connectivity index (χ3n) is 6.47. The van der Waals surface area contributed by atoms with E-state index in [1.165, 1.54) is 22.5 Å². The maximum Gasteiger partial charge on any atom is 0.243 e. The summed E-state index contributed by atoms with van der Waals surface area (Å²) < 4.78 is 51.7. The van der Waals surface area contributed by atoms with Gasteiger partial charge in [-0.25, -0.2) is 12.8 Å². The van der Waals surface area contributed by atoms with Crippen LogP contribution in [0.15, 0.2) is 47.4 Å². The minimum atomic E-state index is -3.54. The number of piperidine rings is 1. The van der Waals surface area contributed by atoms with E-state index in [4.69, 9.17) is 21.1 Å². The van der Waals surface area contributed by atoms with Gasteiger partial charge in [0.2, 0.25) is 15.9 Å². The highest BCUT2D eigenvalue weighted by molar-refractivity contribution is 7.89. The van der Waals surface area contributed by atoms with Crippen LogP contribution in [0.2, 0.25) is 5.02 Å². The number of halogens is 2. The zero-order valence-corrected chi connectivity index (χ0v) is 21.6. The molecule has 0 aliphatic carbocycles. The number of benzene rings is 2. The fraction of sp³-hybridized carbons (Fsp3) is 0.480. The minimum Gasteiger partial charge on any atom is -0.492 e. The number of carbonyl (C=O) groups excluding carboxylic acids is 1. The summed E-state index contributed by atoms with van der Waals surface area (Å²) >= 11 is 5.82. The first-order valence-corrected chi connectivity index (χ1v) is 13.9. The van der Waals surface area contributed by atoms with Gasteiger partial charge in [0.25, 0.3) is 0 Å². The number of amides is 1. The summed E-state index contributed by atoms with van der Waals surface area (Å²) in [6, 6.07) is 11.0. The molecule has 8 nitrogen and oxygen atoms in total. The molecule has 2 aliphatic heterocycles. The Kier molecular flexibility index (Phi) is 9.19. The van der Waals surface area contributed by atoms with Gasteiger partial charge in [-0.3, -0.25) is 9.69 Å². The number of sulfonamides is 1. The standard InChI is InChI=1S/C25H31ClFN3O5S/c26-21-2-1-20(24(27)17-21)18-29-10-7-19(8-11-29)25(31)28-9-14-35-22-3-5-23(6-4-22)36(32,33)30-12-15-34-16-13-30/h1-6,17,19H,7-16,18H2,(H,28,31). The third-order valence-corrected chi connectivity index (χ3v) is 8.62. The Hall–Kier alpha value is -2.24. The lowest BCUT2D eigenvalue weighted by atomic mass is 9.95. The summed E-state index contributed by atoms with van der Waals surface area (Å²) in [5.74, 6) is 0.132. The van der Waals surface area contributed by atoms with Crippen molar-refractivity contribution in [1.29, 1.82) is 0 Å². The zero-order valence-electron chi connectivity index (χ0n) is 20.0. The van der Waals surface area contributed by atoms with Gasteiger partial charge < -0.3 is 14.8 Å². The summed E-state index contributed by atoms with van der Waals surface area (Å²) in [6.45, 7) is 4.05. The van der Waals surface area contributed by atoms with Crippen molar-refractivity contribution in [2.45, 2.75) is 24.3 Å². The number of hydrogen-bond acceptors (Lipinski definition) is 6. The highest BCUT2D eigenvalue weighted by Gasteiger charge is 2.27. The monoisotopic (exact) mass is 539 g/mol. The molecule has 36 heavy (non-hydrogen) atoms. The quantitative estimate of drug-likeness (QED) is 0.493. The molecule has 2 saturated heterocycles. The van der Waals surface area contributed by atoms with E-state index in [1.54, 1.807) is 24.3 Å². The molecule has 0 aromatic heterocycles. The van der Waals surface area contributed by atoms with E-state index in [0.717, 1.165) is 13.1 Å². The highest BCUT2D eigenvalue weighted by atomic mass is 35.5. The molecule has 2 aliphatic rings. The predicted molar refractivity (Wildman–Crippen MR) is 134 cm³/mol. The van der Waals surface area contributed by atoms with Crippen LogP contribution >= 0.6 is 11.6 Å². The molecular formula is C25H31ClFN3O5S. The highest BCUT2D eigenvalue weighted by Crippen LogP contribution is 2.22. The van der Waals surface area contributed by atoms with Crippen molar-refractivity contribution in [3.63, 3.8) is 0 Å². The molecule has 0 saturated carbocycles. The smallest absolute Gasteiger partial charge is 0.243 e. The molecule has 1 amide bonds. The van der Waals surface area contributed by atoms with E-state index in [9.17, 15) is 17.6 Å². The van der Waals surface area contributed by atoms with E-state index in [0.29, 0.717) is 68.6 Å². The van der Waals surface area contributed by atoms with Gasteiger partial charge in [0.05, 0.1) is 24.7 Å². The lowest BCUT2D eigenvalue weighted by molar-refractivity contribution is -0.126. The van der Waals surface area contributed by atoms with Gasteiger partial charge in [0.15, 0.2) is 0 Å². The van der Waals surface area contributed by atoms with Crippen molar-refractivity contribution in [3.05, 3.63) is 58.9 Å². The third kappa shape index (κ3) is 6.95. The molecule has 0 atom stereocenters. The largest absolute Gasteiger partial charge is 0.492 e. The Morgan fingerprint density at radius 1 is 1.08 bits per heavy atom. The van der Waals surface area contributed by atoms with Crippen molar-refractivity contribution >= 4 is 27.5 Å². The summed E-state index contributed by atoms with van der Waals surface area (Å²) in [6.07, 6.45) is 1.42. The lowest BCUT2D eigenvalue weighted by Crippen LogP contribution is -2.41. The van der Waals surface area contributed by atoms with Crippen molar-refractivity contribution in [2.24, 2.45) is 5.92 Å². The second kappa shape index (κ2) is 12.3. The number of ether oxygens (including phenoxy) is 2. The molecular weight excluding hydrogens is 509 g/mol. The van der Waals surface area contributed by atoms with Gasteiger partial charge in [-0.05, 0) is 62.3 Å². The van der Waals surface area contributed by atoms with Crippen LogP contribution < -0.4 is 10.1 Å². The number of hydrogen-bond donors (Lipinski definition) is 1. The van der Waals surface area contributed by atoms with Crippen LogP contribution in [0.5, 0.6) is 5.75 Å². The van der Waals surface area contributed by atoms with Crippen molar-refractivity contribution in [2.75, 3.05) is 52.5 Å². The van der Waals surface area contributed by atoms with E-state index in [2.05, 4.69) is 10.2 Å². The molecule has 0 unspecified atom stereocenters. The average Bonchev–Trinajstić information content (AvgIpc) is 2.89. The number of nitrogens with zero attached hydrogens (tertiary/aromatic N) is 2. The number of rotatable bonds is 9. The van der Waals surface area contributed by atoms with Gasteiger partial charge in [0, 0.05) is 36.1 Å². The van der Waals surface area contributed by atoms with E-state index in [1.807, 2.05) is 0 Å². The first kappa shape index (κ1) is 26.8. The van der Waals surface area contributed by atoms with E-state index in [-0.39, 0.29) is 29.1 Å². The van der Waals surface area contributed by atoms with E-state index >= 15 is 0 Å². The van der Waals surface area contributed by atoms with E-state index < -0.39 is 10.0 Å². The SMILES string of the molecule is O=C(NCCOc1ccc(S(=O)(=O)N2CCOCC2)cc1)C1CCN(Cc2ccc(Cl)cc2F)CC1. The molecule has 1 N–H and O–H groups in total. The fourth-order valence-corrected chi connectivity index (χ4v) is 5.94. The summed E-state index contributed by atoms with van der Waals surface area (Å²) in [5, 5.41) is 3.29. The van der Waals surface area contributed by atoms with Gasteiger partial charge in [-0.1, -0.05) is 17.7 Å². The first-order valence-electron chi connectivity index (χ1n) is 12.1. The normalized spacial score (nSPS) is 18.2. The molecule has 196 valence electrons. The molecule has 2 aromatic rings. The Labute approximate surface area is 216 Å². The Bertz CT molecular complexity index is 1130. The Morgan fingerprint density at radius 3 is 2.44 bits per heavy atom. The number of nitrogens with one attached hydrogen (secondary N) is 1. The second-order valence-corrected chi connectivity index (χ2v) is 11.3. The molecule has 4 rings (SSSR count). The fourth-order valence-electron chi connectivity index (χ4n) is 4.38. The maximum atomic E-state index is 14.0. The minimum absolute atomic E-state index is 0.0112. The average molecular weight is 540 g/mol. The number of likely N-dealkylation sites (tertiary alicyclic amines) is 1. The van der Waals surface area contributed by atoms with Gasteiger partial charge in [-0.15, -0.1) is 0 Å². The summed E-state index contributed by atoms with van der Waals surface area (Å²) in [7, 11) is -3.54. The van der Waals surface area contributed by atoms with Crippen LogP contribution in [0, 0.1) is 11.7 Å². The van der Waals surface area contributed by atoms with Crippen LogP contribution in [0.1, 0.15) is 18.4 Å². The van der Waals surface area contributed by atoms with Crippen molar-refractivity contribution < 1.29 is 27.1 Å². The van der Waals surface area contributed by atoms with Crippen LogP contribution in [-0.4, -0.2) is 76.1 Å². The van der Waals surface area contributed by atoms with Gasteiger partial charge in [-0.2, -0.15) is 4.31 Å². The lowest BCUT2D eigenvalue weighted by Gasteiger charge is -2.31. The summed E-state index contributed by atoms with van der Waals surface area (Å²) in [4.78, 5) is 14.9. The summed E-state index contributed by atoms with van der Waals surface area (Å²) in [5.41, 5.74) is 0.603. The predicted octanol–water partition coefficient (Wildman–Crippen LogP) is 2.91. The van der Waals surface area contributed by atoms with Crippen LogP contribution in [0.25, 0.3) is 0 Å². The van der Waals surface area contributed by atoms with Gasteiger partial charge in [0.1, 0.15) is 18.2 Å². The second-order valence-electron chi connectivity index (χ2n) is 8.91. The molecule has 2 heterocycles. The molecule has 11 heteroatoms. The Balaban J connectivity index is 1.16. The molecule has 2 fully saturated rings. The van der Waals surface area contributed by atoms with Crippen molar-refractivity contribution in [3.8, 4) is 5.75 Å². The number of carbonyl (C=O) groups is 1. The zero-order chi connectivity index (χ0) is 25.5. The topological polar surface area (TPSA) is 88.2 Å². The molecule has 2 aromatic carbocycles. The number of morpholine rings is 1. The first-order chi connectivity index (χ1) is 17.3. The molecule has 0 bridgehead atoms. The van der Waals surface area contributed by atoms with Crippen molar-refractivity contribution in [1.82, 2.24) is 14.5 Å². The van der Waals surface area contributed by atoms with Crippen LogP contribution in [-0.2, 0) is 26.1 Å². The molecule has 0 radical (unpaired) electrons. The molecule has 0 spiro atoms. The Morgan fingerprint density at radius 2 is 1.78 bits per heavy atom. The van der Waals surface area contributed by atoms with Crippen LogP contribution in [0.3, 0.4) is 0 Å². The van der Waals surface area contributed by atoms with Crippen LogP contribution in [0.4, 0.5) is 4.39 Å². The maximum absolute atomic E-state index is 14.0. The van der Waals surface area contributed by atoms with Gasteiger partial charge >= 0.3 is 0 Å².